The van der Waals surface area contributed by atoms with Gasteiger partial charge in [-0.3, -0.25) is 15.0 Å². The number of hydrogen-bond acceptors (Lipinski definition) is 6. The number of fused-ring (bicyclic) bond motifs is 5. The van der Waals surface area contributed by atoms with E-state index in [1.807, 2.05) is 18.2 Å². The molecular formula is C25H34N4O3. The average molecular weight is 439 g/mol. The van der Waals surface area contributed by atoms with E-state index in [0.717, 1.165) is 48.3 Å². The summed E-state index contributed by atoms with van der Waals surface area (Å²) in [5.41, 5.74) is 7.82. The normalized spacial score (nSPS) is 31.6. The van der Waals surface area contributed by atoms with Gasteiger partial charge in [-0.1, -0.05) is 31.0 Å². The highest BCUT2D eigenvalue weighted by molar-refractivity contribution is 5.81. The first-order valence-electron chi connectivity index (χ1n) is 12.1. The zero-order chi connectivity index (χ0) is 21.9. The van der Waals surface area contributed by atoms with E-state index in [1.54, 1.807) is 0 Å². The minimum absolute atomic E-state index is 0.0951. The summed E-state index contributed by atoms with van der Waals surface area (Å²) in [6.45, 7) is 2.74. The van der Waals surface area contributed by atoms with E-state index in [1.165, 1.54) is 25.7 Å². The Balaban J connectivity index is 1.36. The Morgan fingerprint density at radius 2 is 2.09 bits per heavy atom. The second kappa shape index (κ2) is 9.73. The number of ether oxygens (including phenoxy) is 2. The molecule has 5 unspecified atom stereocenters. The first-order chi connectivity index (χ1) is 15.7. The summed E-state index contributed by atoms with van der Waals surface area (Å²) in [6, 6.07) is 10.1. The minimum atomic E-state index is -0.304. The summed E-state index contributed by atoms with van der Waals surface area (Å²) in [5.74, 6) is 1.15. The maximum Gasteiger partial charge on any atom is 0.234 e. The van der Waals surface area contributed by atoms with Gasteiger partial charge in [-0.25, -0.2) is 4.98 Å². The molecule has 5 rings (SSSR count). The summed E-state index contributed by atoms with van der Waals surface area (Å²) in [7, 11) is 0. The Kier molecular flexibility index (Phi) is 6.57. The summed E-state index contributed by atoms with van der Waals surface area (Å²) in [6.07, 6.45) is 7.88. The molecule has 5 atom stereocenters. The van der Waals surface area contributed by atoms with Crippen molar-refractivity contribution in [3.63, 3.8) is 0 Å². The van der Waals surface area contributed by atoms with Crippen LogP contribution in [-0.4, -0.2) is 60.4 Å². The van der Waals surface area contributed by atoms with Crippen molar-refractivity contribution in [2.75, 3.05) is 26.4 Å². The smallest absolute Gasteiger partial charge is 0.234 e. The van der Waals surface area contributed by atoms with Crippen LogP contribution in [-0.2, 0) is 16.0 Å². The summed E-state index contributed by atoms with van der Waals surface area (Å²) < 4.78 is 12.4. The standard InChI is InChI=1S/C25H34N4O3/c26-24(30)22-14-20-15-29(22)11-10-27-16-31-23-13-18(23)7-2-1-3-8-19-12-17-6-4-5-9-21(17)28-25(19)32-20/h4-6,9,12,18,20,22-23,27H,1-3,7-8,10-11,13-16H2,(H2,26,30). The molecule has 1 aromatic carbocycles. The Bertz CT molecular complexity index is 952. The van der Waals surface area contributed by atoms with E-state index in [2.05, 4.69) is 22.3 Å². The van der Waals surface area contributed by atoms with Crippen LogP contribution in [0, 0.1) is 5.92 Å². The molecule has 7 nitrogen and oxygen atoms in total. The molecule has 1 saturated heterocycles. The fourth-order valence-corrected chi connectivity index (χ4v) is 5.16. The van der Waals surface area contributed by atoms with Gasteiger partial charge in [0.1, 0.15) is 6.10 Å². The lowest BCUT2D eigenvalue weighted by Gasteiger charge is -2.21. The van der Waals surface area contributed by atoms with E-state index >= 15 is 0 Å². The number of carbonyl (C=O) groups excluding carboxylic acids is 1. The monoisotopic (exact) mass is 438 g/mol. The van der Waals surface area contributed by atoms with Crippen molar-refractivity contribution in [3.05, 3.63) is 35.9 Å². The first-order valence-corrected chi connectivity index (χ1v) is 12.1. The van der Waals surface area contributed by atoms with Crippen molar-refractivity contribution < 1.29 is 14.3 Å². The molecule has 3 N–H and O–H groups in total. The topological polar surface area (TPSA) is 89.7 Å². The third-order valence-corrected chi connectivity index (χ3v) is 7.09. The Morgan fingerprint density at radius 1 is 1.19 bits per heavy atom. The van der Waals surface area contributed by atoms with Crippen LogP contribution in [0.4, 0.5) is 0 Å². The Labute approximate surface area is 189 Å². The van der Waals surface area contributed by atoms with Crippen molar-refractivity contribution in [1.29, 1.82) is 0 Å². The van der Waals surface area contributed by atoms with Gasteiger partial charge in [0.05, 0.1) is 24.4 Å². The molecule has 32 heavy (non-hydrogen) atoms. The molecule has 3 heterocycles. The van der Waals surface area contributed by atoms with E-state index in [9.17, 15) is 4.79 Å². The molecule has 1 amide bonds. The van der Waals surface area contributed by atoms with Crippen molar-refractivity contribution in [2.24, 2.45) is 11.7 Å². The number of pyridine rings is 1. The summed E-state index contributed by atoms with van der Waals surface area (Å²) in [5, 5.41) is 4.50. The second-order valence-electron chi connectivity index (χ2n) is 9.48. The number of benzene rings is 1. The van der Waals surface area contributed by atoms with E-state index in [0.29, 0.717) is 31.7 Å². The highest BCUT2D eigenvalue weighted by atomic mass is 16.5. The van der Waals surface area contributed by atoms with Gasteiger partial charge in [-0.2, -0.15) is 0 Å². The largest absolute Gasteiger partial charge is 0.473 e. The number of para-hydroxylation sites is 1. The number of aryl methyl sites for hydroxylation is 1. The van der Waals surface area contributed by atoms with E-state index in [4.69, 9.17) is 20.2 Å². The van der Waals surface area contributed by atoms with Gasteiger partial charge in [0.2, 0.25) is 11.8 Å². The van der Waals surface area contributed by atoms with Crippen molar-refractivity contribution >= 4 is 16.8 Å². The van der Waals surface area contributed by atoms with Crippen LogP contribution in [0.15, 0.2) is 30.3 Å². The number of rotatable bonds is 1. The number of aromatic nitrogens is 1. The number of carbonyl (C=O) groups is 1. The lowest BCUT2D eigenvalue weighted by Crippen LogP contribution is -2.43. The van der Waals surface area contributed by atoms with Gasteiger partial charge in [-0.05, 0) is 43.7 Å². The van der Waals surface area contributed by atoms with Crippen LogP contribution in [0.2, 0.25) is 0 Å². The zero-order valence-corrected chi connectivity index (χ0v) is 18.7. The number of nitrogens with zero attached hydrogens (tertiary/aromatic N) is 2. The number of primary amides is 1. The van der Waals surface area contributed by atoms with E-state index in [-0.39, 0.29) is 18.1 Å². The van der Waals surface area contributed by atoms with Crippen LogP contribution < -0.4 is 15.8 Å². The molecule has 3 aliphatic rings. The lowest BCUT2D eigenvalue weighted by molar-refractivity contribution is -0.122. The van der Waals surface area contributed by atoms with E-state index < -0.39 is 0 Å². The Morgan fingerprint density at radius 3 is 3.00 bits per heavy atom. The van der Waals surface area contributed by atoms with Crippen LogP contribution in [0.25, 0.3) is 10.9 Å². The number of nitrogens with two attached hydrogens (primary N) is 1. The highest BCUT2D eigenvalue weighted by Crippen LogP contribution is 2.38. The molecule has 1 aliphatic carbocycles. The molecule has 172 valence electrons. The molecular weight excluding hydrogens is 404 g/mol. The van der Waals surface area contributed by atoms with Crippen LogP contribution in [0.5, 0.6) is 5.88 Å². The summed E-state index contributed by atoms with van der Waals surface area (Å²) in [4.78, 5) is 19.1. The van der Waals surface area contributed by atoms with Gasteiger partial charge < -0.3 is 15.2 Å². The van der Waals surface area contributed by atoms with Gasteiger partial charge in [0.25, 0.3) is 0 Å². The maximum atomic E-state index is 12.1. The van der Waals surface area contributed by atoms with Crippen molar-refractivity contribution in [1.82, 2.24) is 15.2 Å². The highest BCUT2D eigenvalue weighted by Gasteiger charge is 2.38. The molecule has 7 heteroatoms. The number of hydrogen-bond donors (Lipinski definition) is 2. The second-order valence-corrected chi connectivity index (χ2v) is 9.48. The molecule has 0 radical (unpaired) electrons. The predicted molar refractivity (Wildman–Crippen MR) is 123 cm³/mol. The minimum Gasteiger partial charge on any atom is -0.473 e. The molecule has 2 aliphatic heterocycles. The molecule has 1 aromatic heterocycles. The quantitative estimate of drug-likeness (QED) is 0.711. The van der Waals surface area contributed by atoms with Crippen LogP contribution in [0.3, 0.4) is 0 Å². The Hall–Kier alpha value is -2.22. The number of nitrogens with one attached hydrogen (secondary N) is 1. The maximum absolute atomic E-state index is 12.1. The van der Waals surface area contributed by atoms with Crippen LogP contribution in [0.1, 0.15) is 44.1 Å². The van der Waals surface area contributed by atoms with Gasteiger partial charge >= 0.3 is 0 Å². The third-order valence-electron chi connectivity index (χ3n) is 7.09. The van der Waals surface area contributed by atoms with Gasteiger partial charge in [0.15, 0.2) is 0 Å². The van der Waals surface area contributed by atoms with Crippen molar-refractivity contribution in [2.45, 2.75) is 63.2 Å². The molecule has 0 spiro atoms. The molecule has 2 bridgehead atoms. The van der Waals surface area contributed by atoms with Crippen LogP contribution >= 0.6 is 0 Å². The summed E-state index contributed by atoms with van der Waals surface area (Å²) >= 11 is 0. The first kappa shape index (κ1) is 21.6. The fraction of sp³-hybridized carbons (Fsp3) is 0.600. The predicted octanol–water partition coefficient (Wildman–Crippen LogP) is 2.61. The zero-order valence-electron chi connectivity index (χ0n) is 18.7. The third kappa shape index (κ3) is 5.05. The van der Waals surface area contributed by atoms with Gasteiger partial charge in [0, 0.05) is 37.0 Å². The molecule has 2 fully saturated rings. The van der Waals surface area contributed by atoms with Gasteiger partial charge in [-0.15, -0.1) is 0 Å². The lowest BCUT2D eigenvalue weighted by atomic mass is 10.0. The SMILES string of the molecule is NC(=O)C1CC2CN1CCNCOC1CC1CCCCCc1cc3ccccc3nc1O2. The average Bonchev–Trinajstić information content (AvgIpc) is 3.40. The molecule has 1 saturated carbocycles. The molecule has 2 aromatic rings. The van der Waals surface area contributed by atoms with Crippen molar-refractivity contribution in [3.8, 4) is 5.88 Å². The number of amides is 1. The fourth-order valence-electron chi connectivity index (χ4n) is 5.16.